The fourth-order valence-corrected chi connectivity index (χ4v) is 1.79. The van der Waals surface area contributed by atoms with Crippen molar-refractivity contribution < 1.29 is 19.8 Å². The first-order valence-electron chi connectivity index (χ1n) is 4.66. The average molecular weight is 342 g/mol. The van der Waals surface area contributed by atoms with Crippen LogP contribution in [0.3, 0.4) is 0 Å². The van der Waals surface area contributed by atoms with E-state index >= 15 is 0 Å². The van der Waals surface area contributed by atoms with E-state index < -0.39 is 5.97 Å². The highest BCUT2D eigenvalue weighted by Gasteiger charge is 2.13. The van der Waals surface area contributed by atoms with Gasteiger partial charge in [0.25, 0.3) is 0 Å². The van der Waals surface area contributed by atoms with Crippen molar-refractivity contribution in [1.29, 1.82) is 0 Å². The average Bonchev–Trinajstić information content (AvgIpc) is 2.61. The van der Waals surface area contributed by atoms with Crippen LogP contribution in [0.5, 0.6) is 11.8 Å². The molecule has 0 atom stereocenters. The van der Waals surface area contributed by atoms with Gasteiger partial charge in [0.05, 0.1) is 5.56 Å². The van der Waals surface area contributed by atoms with Gasteiger partial charge >= 0.3 is 5.97 Å². The summed E-state index contributed by atoms with van der Waals surface area (Å²) in [5.41, 5.74) is 0.337. The molecule has 0 radical (unpaired) electrons. The topological polar surface area (TPSA) is 71.7 Å². The Morgan fingerprint density at radius 2 is 1.82 bits per heavy atom. The Morgan fingerprint density at radius 3 is 2.41 bits per heavy atom. The standard InChI is InChI=1S/C11H8INO4/c12-8-3-1-2-7(6-8)11(16)17-13-9(14)4-5-10(13)15/h1-6,14-15H/i12-3. The normalized spacial score (nSPS) is 10.2. The van der Waals surface area contributed by atoms with E-state index in [0.29, 0.717) is 10.3 Å². The SMILES string of the molecule is O=C(On1c(O)ccc1O)c1cccc([124I])c1. The van der Waals surface area contributed by atoms with Crippen molar-refractivity contribution in [2.75, 3.05) is 0 Å². The fraction of sp³-hybridized carbons (Fsp3) is 0. The van der Waals surface area contributed by atoms with Gasteiger partial charge in [0.1, 0.15) is 0 Å². The summed E-state index contributed by atoms with van der Waals surface area (Å²) in [5.74, 6) is -1.35. The van der Waals surface area contributed by atoms with Crippen LogP contribution in [0.4, 0.5) is 0 Å². The first-order valence-corrected chi connectivity index (χ1v) is 5.74. The molecule has 0 aliphatic heterocycles. The first kappa shape index (κ1) is 11.8. The number of halogens is 1. The summed E-state index contributed by atoms with van der Waals surface area (Å²) in [6, 6.07) is 9.22. The van der Waals surface area contributed by atoms with E-state index in [0.717, 1.165) is 3.57 Å². The first-order chi connectivity index (χ1) is 8.08. The summed E-state index contributed by atoms with van der Waals surface area (Å²) in [4.78, 5) is 16.5. The van der Waals surface area contributed by atoms with Crippen LogP contribution in [0, 0.1) is 3.57 Å². The summed E-state index contributed by atoms with van der Waals surface area (Å²) < 4.78 is 1.54. The molecule has 1 aromatic heterocycles. The van der Waals surface area contributed by atoms with Gasteiger partial charge in [0.15, 0.2) is 0 Å². The molecular weight excluding hydrogens is 334 g/mol. The molecule has 5 nitrogen and oxygen atoms in total. The molecule has 0 spiro atoms. The lowest BCUT2D eigenvalue weighted by Crippen LogP contribution is -2.19. The van der Waals surface area contributed by atoms with Crippen molar-refractivity contribution >= 4 is 28.6 Å². The number of carbonyl (C=O) groups is 1. The Bertz CT molecular complexity index is 545. The van der Waals surface area contributed by atoms with Crippen LogP contribution < -0.4 is 4.84 Å². The summed E-state index contributed by atoms with van der Waals surface area (Å²) in [7, 11) is 0. The Kier molecular flexibility index (Phi) is 3.23. The van der Waals surface area contributed by atoms with Gasteiger partial charge < -0.3 is 15.1 Å². The van der Waals surface area contributed by atoms with Gasteiger partial charge in [0, 0.05) is 15.7 Å². The van der Waals surface area contributed by atoms with Crippen LogP contribution in [0.25, 0.3) is 0 Å². The van der Waals surface area contributed by atoms with Crippen molar-refractivity contribution in [2.24, 2.45) is 0 Å². The van der Waals surface area contributed by atoms with E-state index in [1.165, 1.54) is 12.1 Å². The molecule has 0 aliphatic rings. The zero-order chi connectivity index (χ0) is 12.4. The zero-order valence-corrected chi connectivity index (χ0v) is 10.7. The number of aromatic nitrogens is 1. The Hall–Kier alpha value is -1.70. The highest BCUT2D eigenvalue weighted by atomic mass is 124. The molecule has 0 amide bonds. The number of hydrogen-bond acceptors (Lipinski definition) is 4. The second-order valence-electron chi connectivity index (χ2n) is 3.23. The highest BCUT2D eigenvalue weighted by molar-refractivity contribution is 14.1. The number of rotatable bonds is 2. The van der Waals surface area contributed by atoms with Crippen LogP contribution in [0.1, 0.15) is 10.4 Å². The number of carbonyl (C=O) groups excluding carboxylic acids is 1. The lowest BCUT2D eigenvalue weighted by molar-refractivity contribution is 0.0381. The van der Waals surface area contributed by atoms with E-state index in [4.69, 9.17) is 4.84 Å². The van der Waals surface area contributed by atoms with Gasteiger partial charge in [-0.05, 0) is 40.8 Å². The smallest absolute Gasteiger partial charge is 0.363 e. The van der Waals surface area contributed by atoms with E-state index in [1.807, 2.05) is 6.07 Å². The maximum atomic E-state index is 11.7. The third kappa shape index (κ3) is 2.52. The van der Waals surface area contributed by atoms with Crippen LogP contribution in [-0.2, 0) is 0 Å². The highest BCUT2D eigenvalue weighted by Crippen LogP contribution is 2.19. The lowest BCUT2D eigenvalue weighted by Gasteiger charge is -2.06. The van der Waals surface area contributed by atoms with Crippen molar-refractivity contribution in [3.63, 3.8) is 0 Å². The molecule has 0 bridgehead atoms. The van der Waals surface area contributed by atoms with E-state index in [9.17, 15) is 15.0 Å². The number of aromatic hydroxyl groups is 2. The molecule has 2 N–H and O–H groups in total. The fourth-order valence-electron chi connectivity index (χ4n) is 1.25. The maximum absolute atomic E-state index is 11.7. The van der Waals surface area contributed by atoms with Crippen molar-refractivity contribution in [3.8, 4) is 11.8 Å². The van der Waals surface area contributed by atoms with E-state index in [2.05, 4.69) is 22.6 Å². The molecule has 0 saturated carbocycles. The van der Waals surface area contributed by atoms with Gasteiger partial charge in [-0.2, -0.15) is 0 Å². The molecule has 0 aliphatic carbocycles. The second-order valence-corrected chi connectivity index (χ2v) is 4.48. The Morgan fingerprint density at radius 1 is 1.18 bits per heavy atom. The van der Waals surface area contributed by atoms with Crippen molar-refractivity contribution in [2.45, 2.75) is 0 Å². The Balaban J connectivity index is 2.23. The molecule has 0 fully saturated rings. The molecule has 2 rings (SSSR count). The molecule has 0 unspecified atom stereocenters. The maximum Gasteiger partial charge on any atom is 0.363 e. The van der Waals surface area contributed by atoms with Crippen LogP contribution in [-0.4, -0.2) is 20.9 Å². The summed E-state index contributed by atoms with van der Waals surface area (Å²) in [6.07, 6.45) is 0. The van der Waals surface area contributed by atoms with Gasteiger partial charge in [-0.25, -0.2) is 4.79 Å². The van der Waals surface area contributed by atoms with Crippen molar-refractivity contribution in [1.82, 2.24) is 4.73 Å². The van der Waals surface area contributed by atoms with Gasteiger partial charge in [-0.15, -0.1) is 4.73 Å². The van der Waals surface area contributed by atoms with Gasteiger partial charge in [-0.3, -0.25) is 0 Å². The molecule has 17 heavy (non-hydrogen) atoms. The minimum atomic E-state index is -0.662. The quantitative estimate of drug-likeness (QED) is 0.816. The number of nitrogens with zero attached hydrogens (tertiary/aromatic N) is 1. The monoisotopic (exact) mass is 342 g/mol. The molecule has 1 heterocycles. The van der Waals surface area contributed by atoms with Crippen molar-refractivity contribution in [3.05, 3.63) is 45.5 Å². The predicted octanol–water partition coefficient (Wildman–Crippen LogP) is 1.77. The van der Waals surface area contributed by atoms with Gasteiger partial charge in [-0.1, -0.05) is 6.07 Å². The molecule has 88 valence electrons. The van der Waals surface area contributed by atoms with Crippen LogP contribution in [0.15, 0.2) is 36.4 Å². The minimum absolute atomic E-state index is 0.337. The van der Waals surface area contributed by atoms with Crippen LogP contribution >= 0.6 is 22.6 Å². The third-order valence-electron chi connectivity index (χ3n) is 2.03. The summed E-state index contributed by atoms with van der Waals surface area (Å²) in [6.45, 7) is 0. The van der Waals surface area contributed by atoms with Gasteiger partial charge in [0.2, 0.25) is 11.8 Å². The van der Waals surface area contributed by atoms with Crippen LogP contribution in [0.2, 0.25) is 0 Å². The Labute approximate surface area is 110 Å². The molecule has 1 aromatic carbocycles. The number of benzene rings is 1. The molecular formula is C11H8INO4. The van der Waals surface area contributed by atoms with E-state index in [-0.39, 0.29) is 11.8 Å². The lowest BCUT2D eigenvalue weighted by atomic mass is 10.2. The predicted molar refractivity (Wildman–Crippen MR) is 67.8 cm³/mol. The molecule has 0 saturated heterocycles. The number of hydrogen-bond donors (Lipinski definition) is 2. The second kappa shape index (κ2) is 4.66. The van der Waals surface area contributed by atoms with E-state index in [1.54, 1.807) is 18.2 Å². The largest absolute Gasteiger partial charge is 0.492 e. The molecule has 6 heteroatoms. The third-order valence-corrected chi connectivity index (χ3v) is 2.70. The summed E-state index contributed by atoms with van der Waals surface area (Å²) in [5, 5.41) is 18.6. The summed E-state index contributed by atoms with van der Waals surface area (Å²) >= 11 is 2.07. The zero-order valence-electron chi connectivity index (χ0n) is 8.50. The molecule has 2 aromatic rings. The minimum Gasteiger partial charge on any atom is -0.492 e.